The molecule has 0 bridgehead atoms. The Balaban J connectivity index is 1.47. The Kier molecular flexibility index (Phi) is 6.18. The summed E-state index contributed by atoms with van der Waals surface area (Å²) < 4.78 is 17.3. The van der Waals surface area contributed by atoms with Gasteiger partial charge in [-0.3, -0.25) is 4.79 Å². The van der Waals surface area contributed by atoms with Crippen LogP contribution in [0, 0.1) is 6.92 Å². The summed E-state index contributed by atoms with van der Waals surface area (Å²) in [7, 11) is 0. The van der Waals surface area contributed by atoms with Gasteiger partial charge in [-0.25, -0.2) is 4.98 Å². The van der Waals surface area contributed by atoms with Gasteiger partial charge in [0.05, 0.1) is 10.7 Å². The number of hydrogen-bond acceptors (Lipinski definition) is 6. The quantitative estimate of drug-likeness (QED) is 0.560. The number of hydrogen-bond donors (Lipinski definition) is 0. The first kappa shape index (κ1) is 20.2. The first-order valence-corrected chi connectivity index (χ1v) is 10.8. The molecule has 6 nitrogen and oxygen atoms in total. The second-order valence-corrected chi connectivity index (χ2v) is 8.00. The number of ether oxygens (including phenoxy) is 3. The van der Waals surface area contributed by atoms with Gasteiger partial charge in [-0.1, -0.05) is 18.2 Å². The third kappa shape index (κ3) is 4.57. The third-order valence-corrected chi connectivity index (χ3v) is 5.63. The van der Waals surface area contributed by atoms with E-state index in [2.05, 4.69) is 4.98 Å². The summed E-state index contributed by atoms with van der Waals surface area (Å²) >= 11 is 1.59. The first-order chi connectivity index (χ1) is 14.6. The number of para-hydroxylation sites is 1. The van der Waals surface area contributed by atoms with E-state index in [4.69, 9.17) is 14.2 Å². The fourth-order valence-electron chi connectivity index (χ4n) is 3.32. The lowest BCUT2D eigenvalue weighted by Crippen LogP contribution is -2.31. The van der Waals surface area contributed by atoms with Crippen LogP contribution in [-0.2, 0) is 13.2 Å². The average molecular weight is 425 g/mol. The average Bonchev–Trinajstić information content (AvgIpc) is 3.21. The Morgan fingerprint density at radius 2 is 2.03 bits per heavy atom. The van der Waals surface area contributed by atoms with Crippen LogP contribution in [0.2, 0.25) is 0 Å². The number of amides is 1. The second kappa shape index (κ2) is 9.17. The number of nitrogens with zero attached hydrogens (tertiary/aromatic N) is 2. The lowest BCUT2D eigenvalue weighted by Gasteiger charge is -2.25. The van der Waals surface area contributed by atoms with Gasteiger partial charge in [-0.2, -0.15) is 0 Å². The highest BCUT2D eigenvalue weighted by Crippen LogP contribution is 2.34. The van der Waals surface area contributed by atoms with Crippen molar-refractivity contribution in [1.82, 2.24) is 9.88 Å². The Morgan fingerprint density at radius 3 is 2.83 bits per heavy atom. The molecule has 1 aromatic heterocycles. The molecule has 2 aromatic carbocycles. The normalized spacial score (nSPS) is 12.5. The molecule has 3 aromatic rings. The molecule has 7 heteroatoms. The number of carbonyl (C=O) groups excluding carboxylic acids is 1. The van der Waals surface area contributed by atoms with Gasteiger partial charge in [-0.15, -0.1) is 11.3 Å². The predicted molar refractivity (Wildman–Crippen MR) is 115 cm³/mol. The van der Waals surface area contributed by atoms with Crippen LogP contribution in [0.5, 0.6) is 17.2 Å². The molecule has 30 heavy (non-hydrogen) atoms. The second-order valence-electron chi connectivity index (χ2n) is 6.94. The summed E-state index contributed by atoms with van der Waals surface area (Å²) in [5.41, 5.74) is 2.42. The molecular weight excluding hydrogens is 400 g/mol. The minimum Gasteiger partial charge on any atom is -0.487 e. The zero-order valence-electron chi connectivity index (χ0n) is 17.1. The van der Waals surface area contributed by atoms with Crippen LogP contribution in [0.3, 0.4) is 0 Å². The highest BCUT2D eigenvalue weighted by Gasteiger charge is 2.20. The van der Waals surface area contributed by atoms with Crippen molar-refractivity contribution in [3.05, 3.63) is 69.7 Å². The lowest BCUT2D eigenvalue weighted by atomic mass is 10.1. The van der Waals surface area contributed by atoms with Crippen molar-refractivity contribution < 1.29 is 19.0 Å². The van der Waals surface area contributed by atoms with Crippen molar-refractivity contribution in [2.45, 2.75) is 27.0 Å². The smallest absolute Gasteiger partial charge is 0.254 e. The molecule has 0 radical (unpaired) electrons. The topological polar surface area (TPSA) is 60.9 Å². The fraction of sp³-hybridized carbons (Fsp3) is 0.304. The van der Waals surface area contributed by atoms with Crippen LogP contribution < -0.4 is 14.2 Å². The monoisotopic (exact) mass is 424 g/mol. The first-order valence-electron chi connectivity index (χ1n) is 9.94. The highest BCUT2D eigenvalue weighted by atomic mass is 32.1. The van der Waals surface area contributed by atoms with Gasteiger partial charge < -0.3 is 19.1 Å². The van der Waals surface area contributed by atoms with Crippen molar-refractivity contribution >= 4 is 17.2 Å². The summed E-state index contributed by atoms with van der Waals surface area (Å²) in [5, 5.41) is 2.99. The van der Waals surface area contributed by atoms with Gasteiger partial charge in [0.1, 0.15) is 25.6 Å². The molecule has 0 N–H and O–H groups in total. The van der Waals surface area contributed by atoms with Crippen molar-refractivity contribution in [2.75, 3.05) is 19.8 Å². The zero-order valence-corrected chi connectivity index (χ0v) is 17.9. The summed E-state index contributed by atoms with van der Waals surface area (Å²) in [6.07, 6.45) is 0. The summed E-state index contributed by atoms with van der Waals surface area (Å²) in [6.45, 7) is 6.40. The van der Waals surface area contributed by atoms with Gasteiger partial charge >= 0.3 is 0 Å². The number of benzene rings is 2. The zero-order chi connectivity index (χ0) is 20.9. The number of thiazole rings is 1. The Bertz CT molecular complexity index is 1030. The van der Waals surface area contributed by atoms with Crippen LogP contribution in [0.15, 0.2) is 47.8 Å². The van der Waals surface area contributed by atoms with E-state index in [1.807, 2.05) is 55.6 Å². The van der Waals surface area contributed by atoms with Crippen molar-refractivity contribution in [2.24, 2.45) is 0 Å². The molecule has 1 aliphatic heterocycles. The van der Waals surface area contributed by atoms with E-state index in [1.54, 1.807) is 22.3 Å². The molecule has 0 fully saturated rings. The molecule has 1 aliphatic rings. The molecule has 0 saturated heterocycles. The van der Waals surface area contributed by atoms with Gasteiger partial charge in [0.15, 0.2) is 11.5 Å². The van der Waals surface area contributed by atoms with E-state index >= 15 is 0 Å². The van der Waals surface area contributed by atoms with Crippen LogP contribution >= 0.6 is 11.3 Å². The van der Waals surface area contributed by atoms with Gasteiger partial charge in [0, 0.05) is 29.6 Å². The third-order valence-electron chi connectivity index (χ3n) is 4.81. The molecule has 0 atom stereocenters. The number of aryl methyl sites for hydroxylation is 1. The Hall–Kier alpha value is -3.06. The van der Waals surface area contributed by atoms with Gasteiger partial charge in [0.25, 0.3) is 5.91 Å². The van der Waals surface area contributed by atoms with Crippen LogP contribution in [0.25, 0.3) is 0 Å². The maximum Gasteiger partial charge on any atom is 0.254 e. The minimum atomic E-state index is -0.0539. The van der Waals surface area contributed by atoms with Crippen LogP contribution in [0.1, 0.15) is 33.5 Å². The summed E-state index contributed by atoms with van der Waals surface area (Å²) in [6, 6.07) is 13.1. The predicted octanol–water partition coefficient (Wildman–Crippen LogP) is 4.46. The van der Waals surface area contributed by atoms with Crippen LogP contribution in [-0.4, -0.2) is 35.5 Å². The number of fused-ring (bicyclic) bond motifs is 1. The molecule has 0 unspecified atom stereocenters. The maximum atomic E-state index is 13.2. The van der Waals surface area contributed by atoms with Gasteiger partial charge in [0.2, 0.25) is 0 Å². The van der Waals surface area contributed by atoms with Crippen LogP contribution in [0.4, 0.5) is 0 Å². The highest BCUT2D eigenvalue weighted by molar-refractivity contribution is 7.09. The van der Waals surface area contributed by atoms with Crippen molar-refractivity contribution in [3.8, 4) is 17.2 Å². The van der Waals surface area contributed by atoms with E-state index in [0.717, 1.165) is 27.8 Å². The Morgan fingerprint density at radius 1 is 1.20 bits per heavy atom. The fourth-order valence-corrected chi connectivity index (χ4v) is 3.92. The van der Waals surface area contributed by atoms with E-state index in [0.29, 0.717) is 44.2 Å². The molecule has 156 valence electrons. The molecule has 0 aliphatic carbocycles. The molecule has 0 saturated carbocycles. The van der Waals surface area contributed by atoms with E-state index in [-0.39, 0.29) is 5.91 Å². The number of rotatable bonds is 7. The summed E-state index contributed by atoms with van der Waals surface area (Å²) in [5.74, 6) is 2.05. The number of aromatic nitrogens is 1. The maximum absolute atomic E-state index is 13.2. The molecule has 4 rings (SSSR count). The van der Waals surface area contributed by atoms with E-state index < -0.39 is 0 Å². The molecular formula is C23H24N2O4S. The minimum absolute atomic E-state index is 0.0539. The lowest BCUT2D eigenvalue weighted by molar-refractivity contribution is 0.0748. The Labute approximate surface area is 180 Å². The van der Waals surface area contributed by atoms with Gasteiger partial charge in [-0.05, 0) is 38.1 Å². The van der Waals surface area contributed by atoms with Crippen molar-refractivity contribution in [1.29, 1.82) is 0 Å². The number of carbonyl (C=O) groups is 1. The van der Waals surface area contributed by atoms with E-state index in [1.165, 1.54) is 0 Å². The SMILES string of the molecule is CCN(Cc1cccc2c1OCCO2)C(=O)c1cccc(OCc2csc(C)n2)c1. The van der Waals surface area contributed by atoms with Crippen molar-refractivity contribution in [3.63, 3.8) is 0 Å². The molecule has 2 heterocycles. The summed E-state index contributed by atoms with van der Waals surface area (Å²) in [4.78, 5) is 19.4. The standard InChI is InChI=1S/C23H24N2O4S/c1-3-25(13-18-7-5-9-21-22(18)28-11-10-27-21)23(26)17-6-4-8-20(12-17)29-14-19-15-30-16(2)24-19/h4-9,12,15H,3,10-11,13-14H2,1-2H3. The molecule has 1 amide bonds. The van der Waals surface area contributed by atoms with E-state index in [9.17, 15) is 4.79 Å². The largest absolute Gasteiger partial charge is 0.487 e. The molecule has 0 spiro atoms.